The molecule has 1 rings (SSSR count). The normalized spacial score (nSPS) is 12.8. The van der Waals surface area contributed by atoms with Crippen LogP contribution in [0.25, 0.3) is 0 Å². The van der Waals surface area contributed by atoms with Crippen molar-refractivity contribution in [1.82, 2.24) is 0 Å². The Balaban J connectivity index is 2.97. The van der Waals surface area contributed by atoms with Gasteiger partial charge >= 0.3 is 0 Å². The molecule has 0 amide bonds. The van der Waals surface area contributed by atoms with Crippen LogP contribution in [0.3, 0.4) is 0 Å². The van der Waals surface area contributed by atoms with Crippen LogP contribution in [0.5, 0.6) is 0 Å². The third kappa shape index (κ3) is 3.05. The van der Waals surface area contributed by atoms with Crippen LogP contribution >= 0.6 is 0 Å². The van der Waals surface area contributed by atoms with Gasteiger partial charge in [-0.3, -0.25) is 10.1 Å². The smallest absolute Gasteiger partial charge is 0.258 e. The lowest BCUT2D eigenvalue weighted by atomic mass is 9.91. The standard InChI is InChI=1S/C12H17NO2/c1-9(2)8-10(3)11-6-4-5-7-12(11)13(14)15/h4-7,9-10H,8H2,1-3H3. The number of nitro benzene ring substituents is 1. The summed E-state index contributed by atoms with van der Waals surface area (Å²) in [5.74, 6) is 0.798. The zero-order valence-corrected chi connectivity index (χ0v) is 9.43. The van der Waals surface area contributed by atoms with E-state index in [1.807, 2.05) is 19.1 Å². The predicted octanol–water partition coefficient (Wildman–Crippen LogP) is 3.74. The van der Waals surface area contributed by atoms with Gasteiger partial charge < -0.3 is 0 Å². The lowest BCUT2D eigenvalue weighted by molar-refractivity contribution is -0.385. The van der Waals surface area contributed by atoms with E-state index >= 15 is 0 Å². The molecule has 1 aromatic rings. The van der Waals surface area contributed by atoms with Gasteiger partial charge in [0.25, 0.3) is 5.69 Å². The summed E-state index contributed by atoms with van der Waals surface area (Å²) in [4.78, 5) is 10.5. The number of nitro groups is 1. The van der Waals surface area contributed by atoms with Gasteiger partial charge in [-0.2, -0.15) is 0 Å². The zero-order chi connectivity index (χ0) is 11.4. The zero-order valence-electron chi connectivity index (χ0n) is 9.43. The van der Waals surface area contributed by atoms with Gasteiger partial charge in [-0.05, 0) is 18.3 Å². The Morgan fingerprint density at radius 3 is 2.40 bits per heavy atom. The lowest BCUT2D eigenvalue weighted by Gasteiger charge is -2.14. The summed E-state index contributed by atoms with van der Waals surface area (Å²) in [6, 6.07) is 7.00. The summed E-state index contributed by atoms with van der Waals surface area (Å²) in [7, 11) is 0. The van der Waals surface area contributed by atoms with Crippen molar-refractivity contribution in [2.75, 3.05) is 0 Å². The van der Waals surface area contributed by atoms with Gasteiger partial charge in [-0.25, -0.2) is 0 Å². The molecule has 0 heterocycles. The second-order valence-corrected chi connectivity index (χ2v) is 4.35. The van der Waals surface area contributed by atoms with Crippen LogP contribution in [0.2, 0.25) is 0 Å². The molecule has 0 fully saturated rings. The molecular formula is C12H17NO2. The molecule has 0 spiro atoms. The van der Waals surface area contributed by atoms with Gasteiger partial charge in [-0.1, -0.05) is 39.0 Å². The van der Waals surface area contributed by atoms with E-state index in [0.717, 1.165) is 12.0 Å². The maximum atomic E-state index is 10.8. The van der Waals surface area contributed by atoms with Crippen molar-refractivity contribution >= 4 is 5.69 Å². The van der Waals surface area contributed by atoms with E-state index in [-0.39, 0.29) is 16.5 Å². The van der Waals surface area contributed by atoms with Gasteiger partial charge in [0.05, 0.1) is 4.92 Å². The second-order valence-electron chi connectivity index (χ2n) is 4.35. The first-order chi connectivity index (χ1) is 7.02. The van der Waals surface area contributed by atoms with Crippen LogP contribution in [-0.4, -0.2) is 4.92 Å². The van der Waals surface area contributed by atoms with E-state index in [1.54, 1.807) is 12.1 Å². The first-order valence-corrected chi connectivity index (χ1v) is 5.25. The summed E-state index contributed by atoms with van der Waals surface area (Å²) in [6.45, 7) is 6.30. The lowest BCUT2D eigenvalue weighted by Crippen LogP contribution is -2.02. The maximum Gasteiger partial charge on any atom is 0.272 e. The van der Waals surface area contributed by atoms with Gasteiger partial charge in [0.1, 0.15) is 0 Å². The number of benzene rings is 1. The molecule has 0 bridgehead atoms. The molecule has 0 aliphatic heterocycles. The quantitative estimate of drug-likeness (QED) is 0.557. The molecule has 1 atom stereocenters. The molecule has 0 N–H and O–H groups in total. The summed E-state index contributed by atoms with van der Waals surface area (Å²) in [5.41, 5.74) is 1.09. The maximum absolute atomic E-state index is 10.8. The molecule has 0 saturated heterocycles. The van der Waals surface area contributed by atoms with E-state index in [4.69, 9.17) is 0 Å². The molecule has 0 saturated carbocycles. The van der Waals surface area contributed by atoms with Crippen LogP contribution in [0.4, 0.5) is 5.69 Å². The van der Waals surface area contributed by atoms with Gasteiger partial charge in [0.2, 0.25) is 0 Å². The molecule has 1 aromatic carbocycles. The first kappa shape index (κ1) is 11.7. The average molecular weight is 207 g/mol. The Morgan fingerprint density at radius 2 is 1.87 bits per heavy atom. The summed E-state index contributed by atoms with van der Waals surface area (Å²) < 4.78 is 0. The molecule has 3 nitrogen and oxygen atoms in total. The molecule has 1 unspecified atom stereocenters. The molecule has 3 heteroatoms. The molecule has 0 aromatic heterocycles. The van der Waals surface area contributed by atoms with E-state index in [9.17, 15) is 10.1 Å². The Bertz CT molecular complexity index is 347. The SMILES string of the molecule is CC(C)CC(C)c1ccccc1[N+](=O)[O-]. The number of para-hydroxylation sites is 1. The fourth-order valence-electron chi connectivity index (χ4n) is 1.90. The van der Waals surface area contributed by atoms with E-state index in [2.05, 4.69) is 13.8 Å². The molecule has 0 aliphatic rings. The summed E-state index contributed by atoms with van der Waals surface area (Å²) in [6.07, 6.45) is 0.977. The third-order valence-corrected chi connectivity index (χ3v) is 2.49. The van der Waals surface area contributed by atoms with Crippen LogP contribution in [0, 0.1) is 16.0 Å². The number of hydrogen-bond acceptors (Lipinski definition) is 2. The van der Waals surface area contributed by atoms with Gasteiger partial charge in [-0.15, -0.1) is 0 Å². The molecule has 15 heavy (non-hydrogen) atoms. The highest BCUT2D eigenvalue weighted by Crippen LogP contribution is 2.30. The minimum absolute atomic E-state index is 0.241. The topological polar surface area (TPSA) is 43.1 Å². The van der Waals surface area contributed by atoms with E-state index in [1.165, 1.54) is 0 Å². The third-order valence-electron chi connectivity index (χ3n) is 2.49. The van der Waals surface area contributed by atoms with Crippen molar-refractivity contribution < 1.29 is 4.92 Å². The Labute approximate surface area is 90.3 Å². The highest BCUT2D eigenvalue weighted by atomic mass is 16.6. The second kappa shape index (κ2) is 4.91. The highest BCUT2D eigenvalue weighted by Gasteiger charge is 2.18. The van der Waals surface area contributed by atoms with Crippen LogP contribution in [0.15, 0.2) is 24.3 Å². The van der Waals surface area contributed by atoms with E-state index < -0.39 is 0 Å². The monoisotopic (exact) mass is 207 g/mol. The molecular weight excluding hydrogens is 190 g/mol. The average Bonchev–Trinajstić information content (AvgIpc) is 2.16. The first-order valence-electron chi connectivity index (χ1n) is 5.25. The fourth-order valence-corrected chi connectivity index (χ4v) is 1.90. The number of nitrogens with zero attached hydrogens (tertiary/aromatic N) is 1. The van der Waals surface area contributed by atoms with E-state index in [0.29, 0.717) is 5.92 Å². The molecule has 0 aliphatic carbocycles. The van der Waals surface area contributed by atoms with Crippen molar-refractivity contribution in [2.45, 2.75) is 33.1 Å². The van der Waals surface area contributed by atoms with Crippen LogP contribution in [0.1, 0.15) is 38.7 Å². The Kier molecular flexibility index (Phi) is 3.83. The minimum Gasteiger partial charge on any atom is -0.258 e. The Hall–Kier alpha value is -1.38. The van der Waals surface area contributed by atoms with Crippen molar-refractivity contribution in [3.05, 3.63) is 39.9 Å². The van der Waals surface area contributed by atoms with Crippen molar-refractivity contribution in [3.8, 4) is 0 Å². The summed E-state index contributed by atoms with van der Waals surface area (Å²) >= 11 is 0. The van der Waals surface area contributed by atoms with Crippen molar-refractivity contribution in [2.24, 2.45) is 5.92 Å². The largest absolute Gasteiger partial charge is 0.272 e. The van der Waals surface area contributed by atoms with Gasteiger partial charge in [0.15, 0.2) is 0 Å². The predicted molar refractivity (Wildman–Crippen MR) is 61.0 cm³/mol. The Morgan fingerprint density at radius 1 is 1.27 bits per heavy atom. The van der Waals surface area contributed by atoms with Crippen molar-refractivity contribution in [1.29, 1.82) is 0 Å². The molecule has 82 valence electrons. The number of rotatable bonds is 4. The minimum atomic E-state index is -0.299. The highest BCUT2D eigenvalue weighted by molar-refractivity contribution is 5.41. The van der Waals surface area contributed by atoms with Gasteiger partial charge in [0, 0.05) is 11.6 Å². The number of hydrogen-bond donors (Lipinski definition) is 0. The molecule has 0 radical (unpaired) electrons. The van der Waals surface area contributed by atoms with Crippen LogP contribution < -0.4 is 0 Å². The van der Waals surface area contributed by atoms with Crippen LogP contribution in [-0.2, 0) is 0 Å². The summed E-state index contributed by atoms with van der Waals surface area (Å²) in [5, 5.41) is 10.8. The van der Waals surface area contributed by atoms with Crippen molar-refractivity contribution in [3.63, 3.8) is 0 Å². The fraction of sp³-hybridized carbons (Fsp3) is 0.500.